The standard InChI is InChI=1S/C25H23N3O5S2/c1-27(16-17-7-5-4-6-8-17)35(31,32)20-12-9-18(10-13-20)23(29)26-25-28(2)21-14-11-19(24(30)33-3)15-22(21)34-25/h4-15H,16H2,1-3H3. The van der Waals surface area contributed by atoms with Gasteiger partial charge >= 0.3 is 5.97 Å². The van der Waals surface area contributed by atoms with Gasteiger partial charge in [-0.2, -0.15) is 9.30 Å². The number of carbonyl (C=O) groups is 2. The van der Waals surface area contributed by atoms with E-state index in [0.29, 0.717) is 10.4 Å². The molecule has 0 spiro atoms. The summed E-state index contributed by atoms with van der Waals surface area (Å²) in [6.45, 7) is 0.235. The van der Waals surface area contributed by atoms with Gasteiger partial charge in [-0.25, -0.2) is 13.2 Å². The SMILES string of the molecule is COC(=O)c1ccc2c(c1)sc(=NC(=O)c1ccc(S(=O)(=O)N(C)Cc3ccccc3)cc1)n2C. The largest absolute Gasteiger partial charge is 0.465 e. The fourth-order valence-corrected chi connectivity index (χ4v) is 5.73. The molecule has 0 fully saturated rings. The molecule has 0 saturated heterocycles. The van der Waals surface area contributed by atoms with Crippen molar-refractivity contribution in [1.82, 2.24) is 8.87 Å². The van der Waals surface area contributed by atoms with E-state index >= 15 is 0 Å². The first kappa shape index (κ1) is 24.5. The lowest BCUT2D eigenvalue weighted by Crippen LogP contribution is -2.26. The maximum absolute atomic E-state index is 12.9. The van der Waals surface area contributed by atoms with Crippen LogP contribution >= 0.6 is 11.3 Å². The lowest BCUT2D eigenvalue weighted by atomic mass is 10.2. The number of methoxy groups -OCH3 is 1. The molecule has 3 aromatic carbocycles. The Kier molecular flexibility index (Phi) is 6.97. The number of nitrogens with zero attached hydrogens (tertiary/aromatic N) is 3. The van der Waals surface area contributed by atoms with Crippen molar-refractivity contribution >= 4 is 43.5 Å². The Balaban J connectivity index is 1.57. The summed E-state index contributed by atoms with van der Waals surface area (Å²) in [5.74, 6) is -0.941. The number of sulfonamides is 1. The number of rotatable bonds is 6. The maximum atomic E-state index is 12.9. The Morgan fingerprint density at radius 2 is 1.66 bits per heavy atom. The third-order valence-corrected chi connectivity index (χ3v) is 8.40. The van der Waals surface area contributed by atoms with Crippen LogP contribution in [-0.2, 0) is 28.4 Å². The van der Waals surface area contributed by atoms with Crippen LogP contribution in [0.4, 0.5) is 0 Å². The molecule has 4 aromatic rings. The van der Waals surface area contributed by atoms with E-state index in [-0.39, 0.29) is 17.0 Å². The number of benzene rings is 3. The van der Waals surface area contributed by atoms with Crippen molar-refractivity contribution < 1.29 is 22.7 Å². The van der Waals surface area contributed by atoms with E-state index in [2.05, 4.69) is 4.99 Å². The van der Waals surface area contributed by atoms with Gasteiger partial charge in [0.05, 0.1) is 27.8 Å². The van der Waals surface area contributed by atoms with Crippen LogP contribution in [-0.4, -0.2) is 43.3 Å². The van der Waals surface area contributed by atoms with Gasteiger partial charge in [-0.15, -0.1) is 0 Å². The number of aryl methyl sites for hydroxylation is 1. The Morgan fingerprint density at radius 1 is 1.00 bits per heavy atom. The number of aromatic nitrogens is 1. The van der Waals surface area contributed by atoms with Gasteiger partial charge in [-0.3, -0.25) is 4.79 Å². The van der Waals surface area contributed by atoms with Crippen LogP contribution in [0.1, 0.15) is 26.3 Å². The van der Waals surface area contributed by atoms with Crippen LogP contribution in [0, 0.1) is 0 Å². The van der Waals surface area contributed by atoms with Gasteiger partial charge in [0.15, 0.2) is 4.80 Å². The number of fused-ring (bicyclic) bond motifs is 1. The fraction of sp³-hybridized carbons (Fsp3) is 0.160. The Bertz CT molecular complexity index is 1570. The zero-order chi connectivity index (χ0) is 25.2. The average Bonchev–Trinajstić information content (AvgIpc) is 3.18. The number of hydrogen-bond acceptors (Lipinski definition) is 6. The van der Waals surface area contributed by atoms with Crippen molar-refractivity contribution in [3.05, 3.63) is 94.3 Å². The average molecular weight is 510 g/mol. The van der Waals surface area contributed by atoms with Crippen LogP contribution in [0.15, 0.2) is 82.7 Å². The molecule has 4 rings (SSSR count). The molecule has 0 aliphatic carbocycles. The van der Waals surface area contributed by atoms with E-state index < -0.39 is 21.9 Å². The second kappa shape index (κ2) is 9.95. The molecule has 0 bridgehead atoms. The minimum absolute atomic E-state index is 0.0928. The minimum Gasteiger partial charge on any atom is -0.465 e. The first-order valence-electron chi connectivity index (χ1n) is 10.6. The van der Waals surface area contributed by atoms with Crippen molar-refractivity contribution in [1.29, 1.82) is 0 Å². The molecule has 0 aliphatic rings. The van der Waals surface area contributed by atoms with E-state index in [1.807, 2.05) is 30.3 Å². The Morgan fingerprint density at radius 3 is 2.31 bits per heavy atom. The van der Waals surface area contributed by atoms with E-state index in [4.69, 9.17) is 4.74 Å². The summed E-state index contributed by atoms with van der Waals surface area (Å²) >= 11 is 1.27. The van der Waals surface area contributed by atoms with Gasteiger partial charge < -0.3 is 9.30 Å². The molecular formula is C25H23N3O5S2. The quantitative estimate of drug-likeness (QED) is 0.370. The number of thiazole rings is 1. The van der Waals surface area contributed by atoms with Gasteiger partial charge in [-0.05, 0) is 48.0 Å². The molecule has 1 aromatic heterocycles. The van der Waals surface area contributed by atoms with Crippen molar-refractivity contribution in [2.45, 2.75) is 11.4 Å². The lowest BCUT2D eigenvalue weighted by Gasteiger charge is -2.17. The van der Waals surface area contributed by atoms with Crippen LogP contribution in [0.25, 0.3) is 10.2 Å². The predicted octanol–water partition coefficient (Wildman–Crippen LogP) is 3.59. The van der Waals surface area contributed by atoms with E-state index in [1.165, 1.54) is 54.1 Å². The molecule has 0 N–H and O–H groups in total. The lowest BCUT2D eigenvalue weighted by molar-refractivity contribution is 0.0600. The van der Waals surface area contributed by atoms with Crippen molar-refractivity contribution in [2.24, 2.45) is 12.0 Å². The molecule has 10 heteroatoms. The summed E-state index contributed by atoms with van der Waals surface area (Å²) in [5.41, 5.74) is 2.37. The third-order valence-electron chi connectivity index (χ3n) is 5.49. The fourth-order valence-electron chi connectivity index (χ4n) is 3.51. The van der Waals surface area contributed by atoms with E-state index in [9.17, 15) is 18.0 Å². The first-order valence-corrected chi connectivity index (χ1v) is 12.8. The van der Waals surface area contributed by atoms with Gasteiger partial charge in [0.25, 0.3) is 5.91 Å². The molecule has 0 unspecified atom stereocenters. The molecule has 0 aliphatic heterocycles. The molecule has 1 heterocycles. The minimum atomic E-state index is -3.72. The first-order chi connectivity index (χ1) is 16.7. The summed E-state index contributed by atoms with van der Waals surface area (Å²) in [6, 6.07) is 20.2. The molecule has 8 nitrogen and oxygen atoms in total. The summed E-state index contributed by atoms with van der Waals surface area (Å²) in [4.78, 5) is 29.3. The van der Waals surface area contributed by atoms with Gasteiger partial charge in [0, 0.05) is 26.2 Å². The number of hydrogen-bond donors (Lipinski definition) is 0. The van der Waals surface area contributed by atoms with Crippen LogP contribution in [0.3, 0.4) is 0 Å². The molecule has 0 radical (unpaired) electrons. The van der Waals surface area contributed by atoms with Gasteiger partial charge in [0.1, 0.15) is 0 Å². The van der Waals surface area contributed by atoms with Crippen molar-refractivity contribution in [3.8, 4) is 0 Å². The van der Waals surface area contributed by atoms with Crippen molar-refractivity contribution in [2.75, 3.05) is 14.2 Å². The topological polar surface area (TPSA) is 98.0 Å². The second-order valence-corrected chi connectivity index (χ2v) is 10.9. The highest BCUT2D eigenvalue weighted by Crippen LogP contribution is 2.20. The van der Waals surface area contributed by atoms with Crippen LogP contribution in [0.5, 0.6) is 0 Å². The summed E-state index contributed by atoms with van der Waals surface area (Å²) in [6.07, 6.45) is 0. The number of esters is 1. The highest BCUT2D eigenvalue weighted by molar-refractivity contribution is 7.89. The molecule has 35 heavy (non-hydrogen) atoms. The molecule has 0 atom stereocenters. The number of carbonyl (C=O) groups excluding carboxylic acids is 2. The van der Waals surface area contributed by atoms with Crippen LogP contribution < -0.4 is 4.80 Å². The monoisotopic (exact) mass is 509 g/mol. The zero-order valence-corrected chi connectivity index (χ0v) is 21.0. The Labute approximate surface area is 206 Å². The highest BCUT2D eigenvalue weighted by Gasteiger charge is 2.21. The normalized spacial score (nSPS) is 12.3. The highest BCUT2D eigenvalue weighted by atomic mass is 32.2. The summed E-state index contributed by atoms with van der Waals surface area (Å²) in [7, 11) is 0.890. The van der Waals surface area contributed by atoms with Gasteiger partial charge in [0.2, 0.25) is 10.0 Å². The zero-order valence-electron chi connectivity index (χ0n) is 19.3. The second-order valence-electron chi connectivity index (χ2n) is 7.81. The predicted molar refractivity (Wildman–Crippen MR) is 134 cm³/mol. The van der Waals surface area contributed by atoms with E-state index in [1.54, 1.807) is 29.8 Å². The smallest absolute Gasteiger partial charge is 0.337 e. The van der Waals surface area contributed by atoms with Crippen molar-refractivity contribution in [3.63, 3.8) is 0 Å². The maximum Gasteiger partial charge on any atom is 0.337 e. The van der Waals surface area contributed by atoms with E-state index in [0.717, 1.165) is 15.8 Å². The van der Waals surface area contributed by atoms with Gasteiger partial charge in [-0.1, -0.05) is 41.7 Å². The number of ether oxygens (including phenoxy) is 1. The third kappa shape index (κ3) is 5.09. The number of amides is 1. The molecule has 0 saturated carbocycles. The summed E-state index contributed by atoms with van der Waals surface area (Å²) < 4.78 is 34.4. The molecule has 1 amide bonds. The van der Waals surface area contributed by atoms with Crippen LogP contribution in [0.2, 0.25) is 0 Å². The summed E-state index contributed by atoms with van der Waals surface area (Å²) in [5, 5.41) is 0. The molecular weight excluding hydrogens is 486 g/mol. The Hall–Kier alpha value is -3.60. The molecule has 180 valence electrons.